The summed E-state index contributed by atoms with van der Waals surface area (Å²) in [6, 6.07) is 7.04. The van der Waals surface area contributed by atoms with E-state index in [1.807, 2.05) is 13.8 Å². The molecule has 186 valence electrons. The number of amides is 1. The zero-order chi connectivity index (χ0) is 24.5. The van der Waals surface area contributed by atoms with Gasteiger partial charge >= 0.3 is 0 Å². The maximum atomic E-state index is 12.6. The number of carbonyl (C=O) groups is 1. The van der Waals surface area contributed by atoms with E-state index in [4.69, 9.17) is 4.74 Å². The lowest BCUT2D eigenvalue weighted by Crippen LogP contribution is -2.25. The average molecular weight is 469 g/mol. The first-order valence-corrected chi connectivity index (χ1v) is 12.6. The third-order valence-corrected chi connectivity index (χ3v) is 6.47. The van der Waals surface area contributed by atoms with Crippen LogP contribution in [0, 0.1) is 5.92 Å². The molecule has 1 amide bonds. The molecule has 3 aromatic rings. The number of H-pyrrole nitrogens is 1. The minimum absolute atomic E-state index is 0. The molecular formula is C27H40N4O3. The summed E-state index contributed by atoms with van der Waals surface area (Å²) in [5.74, 6) is 1.12. The number of hydrogen-bond donors (Lipinski definition) is 2. The number of pyridine rings is 1. The van der Waals surface area contributed by atoms with E-state index in [0.717, 1.165) is 29.7 Å². The van der Waals surface area contributed by atoms with Crippen molar-refractivity contribution in [1.82, 2.24) is 14.8 Å². The molecule has 2 aromatic heterocycles. The Bertz CT molecular complexity index is 1130. The fraction of sp³-hybridized carbons (Fsp3) is 0.519. The zero-order valence-electron chi connectivity index (χ0n) is 20.9. The van der Waals surface area contributed by atoms with Gasteiger partial charge in [-0.3, -0.25) is 14.7 Å². The maximum absolute atomic E-state index is 12.6. The molecule has 7 nitrogen and oxygen atoms in total. The van der Waals surface area contributed by atoms with Crippen LogP contribution in [0.1, 0.15) is 90.0 Å². The average Bonchev–Trinajstić information content (AvgIpc) is 3.63. The SMILES string of the molecule is CC.CCC1CCCCC1.COc1cc2[nH]ncc2cc1C(=O)Nc1cccn(C2CC2)c1=O.[HH]. The minimum Gasteiger partial charge on any atom is -0.496 e. The highest BCUT2D eigenvalue weighted by molar-refractivity contribution is 6.08. The number of nitrogens with one attached hydrogen (secondary N) is 2. The van der Waals surface area contributed by atoms with Crippen molar-refractivity contribution in [3.63, 3.8) is 0 Å². The second-order valence-corrected chi connectivity index (χ2v) is 8.74. The van der Waals surface area contributed by atoms with Gasteiger partial charge < -0.3 is 14.6 Å². The molecular weight excluding hydrogens is 428 g/mol. The van der Waals surface area contributed by atoms with Gasteiger partial charge in [-0.2, -0.15) is 5.10 Å². The Morgan fingerprint density at radius 3 is 2.56 bits per heavy atom. The summed E-state index contributed by atoms with van der Waals surface area (Å²) in [7, 11) is 1.50. The third-order valence-electron chi connectivity index (χ3n) is 6.47. The van der Waals surface area contributed by atoms with Crippen molar-refractivity contribution in [2.75, 3.05) is 12.4 Å². The van der Waals surface area contributed by atoms with Gasteiger partial charge in [-0.15, -0.1) is 0 Å². The van der Waals surface area contributed by atoms with Gasteiger partial charge in [-0.25, -0.2) is 0 Å². The van der Waals surface area contributed by atoms with Crippen LogP contribution in [0.5, 0.6) is 5.75 Å². The summed E-state index contributed by atoms with van der Waals surface area (Å²) in [4.78, 5) is 25.1. The molecule has 0 aliphatic heterocycles. The van der Waals surface area contributed by atoms with Gasteiger partial charge in [0.2, 0.25) is 0 Å². The highest BCUT2D eigenvalue weighted by Gasteiger charge is 2.25. The van der Waals surface area contributed by atoms with Gasteiger partial charge in [-0.1, -0.05) is 59.3 Å². The molecule has 0 spiro atoms. The highest BCUT2D eigenvalue weighted by atomic mass is 16.5. The lowest BCUT2D eigenvalue weighted by molar-refractivity contribution is 0.102. The van der Waals surface area contributed by atoms with Crippen LogP contribution in [0.25, 0.3) is 10.9 Å². The Labute approximate surface area is 203 Å². The number of fused-ring (bicyclic) bond motifs is 1. The van der Waals surface area contributed by atoms with E-state index >= 15 is 0 Å². The number of ether oxygens (including phenoxy) is 1. The Balaban J connectivity index is 0.000000334. The first-order chi connectivity index (χ1) is 16.6. The number of hydrogen-bond acceptors (Lipinski definition) is 4. The zero-order valence-corrected chi connectivity index (χ0v) is 20.9. The Morgan fingerprint density at radius 1 is 1.21 bits per heavy atom. The number of anilines is 1. The van der Waals surface area contributed by atoms with Crippen molar-refractivity contribution >= 4 is 22.5 Å². The maximum Gasteiger partial charge on any atom is 0.274 e. The molecule has 34 heavy (non-hydrogen) atoms. The summed E-state index contributed by atoms with van der Waals surface area (Å²) in [6.45, 7) is 6.32. The van der Waals surface area contributed by atoms with Crippen molar-refractivity contribution in [2.24, 2.45) is 5.92 Å². The fourth-order valence-corrected chi connectivity index (χ4v) is 4.35. The van der Waals surface area contributed by atoms with Crippen LogP contribution in [0.2, 0.25) is 0 Å². The quantitative estimate of drug-likeness (QED) is 0.443. The van der Waals surface area contributed by atoms with E-state index in [-0.39, 0.29) is 24.6 Å². The van der Waals surface area contributed by atoms with Gasteiger partial charge in [0.15, 0.2) is 0 Å². The molecule has 1 aromatic carbocycles. The van der Waals surface area contributed by atoms with Crippen molar-refractivity contribution in [1.29, 1.82) is 0 Å². The first kappa shape index (κ1) is 25.5. The van der Waals surface area contributed by atoms with Crippen molar-refractivity contribution in [3.05, 3.63) is 52.6 Å². The number of aromatic nitrogens is 3. The largest absolute Gasteiger partial charge is 0.496 e. The monoisotopic (exact) mass is 468 g/mol. The van der Waals surface area contributed by atoms with Crippen LogP contribution in [-0.4, -0.2) is 27.8 Å². The summed E-state index contributed by atoms with van der Waals surface area (Å²) in [5.41, 5.74) is 1.22. The number of nitrogens with zero attached hydrogens (tertiary/aromatic N) is 2. The summed E-state index contributed by atoms with van der Waals surface area (Å²) in [6.07, 6.45) is 14.3. The molecule has 2 N–H and O–H groups in total. The van der Waals surface area contributed by atoms with E-state index in [1.54, 1.807) is 41.2 Å². The fourth-order valence-electron chi connectivity index (χ4n) is 4.35. The Hall–Kier alpha value is -3.09. The Morgan fingerprint density at radius 2 is 1.94 bits per heavy atom. The molecule has 2 aliphatic rings. The number of carbonyl (C=O) groups excluding carboxylic acids is 1. The summed E-state index contributed by atoms with van der Waals surface area (Å²) >= 11 is 0. The highest BCUT2D eigenvalue weighted by Crippen LogP contribution is 2.33. The number of benzene rings is 1. The lowest BCUT2D eigenvalue weighted by Gasteiger charge is -2.18. The summed E-state index contributed by atoms with van der Waals surface area (Å²) in [5, 5.41) is 10.3. The van der Waals surface area contributed by atoms with Crippen molar-refractivity contribution < 1.29 is 11.0 Å². The lowest BCUT2D eigenvalue weighted by atomic mass is 9.88. The van der Waals surface area contributed by atoms with Gasteiger partial charge in [0.05, 0.1) is 24.4 Å². The van der Waals surface area contributed by atoms with Gasteiger partial charge in [0, 0.05) is 25.1 Å². The van der Waals surface area contributed by atoms with Gasteiger partial charge in [-0.05, 0) is 37.0 Å². The first-order valence-electron chi connectivity index (χ1n) is 12.6. The standard InChI is InChI=1S/C17H16N4O3.C8H16.C2H6.H2/c1-24-15-8-14-10(9-18-20-14)7-12(15)16(22)19-13-3-2-6-21(17(13)23)11-4-5-11;1-2-8-6-4-3-5-7-8;1-2;/h2-3,6-9,11H,4-5H2,1H3,(H,18,20)(H,19,22);8H,2-7H2,1H3;1-2H3;1H. The van der Waals surface area contributed by atoms with Gasteiger partial charge in [0.1, 0.15) is 11.4 Å². The molecule has 2 heterocycles. The second kappa shape index (κ2) is 12.4. The normalized spacial score (nSPS) is 15.5. The van der Waals surface area contributed by atoms with Crippen LogP contribution < -0.4 is 15.6 Å². The molecule has 2 saturated carbocycles. The van der Waals surface area contributed by atoms with Crippen molar-refractivity contribution in [3.8, 4) is 5.75 Å². The van der Waals surface area contributed by atoms with Crippen LogP contribution >= 0.6 is 0 Å². The topological polar surface area (TPSA) is 89.0 Å². The van der Waals surface area contributed by atoms with Crippen LogP contribution in [0.3, 0.4) is 0 Å². The van der Waals surface area contributed by atoms with E-state index in [1.165, 1.54) is 45.6 Å². The smallest absolute Gasteiger partial charge is 0.274 e. The number of aromatic amines is 1. The predicted molar refractivity (Wildman–Crippen MR) is 140 cm³/mol. The number of methoxy groups -OCH3 is 1. The molecule has 5 rings (SSSR count). The molecule has 0 saturated heterocycles. The number of rotatable bonds is 5. The third kappa shape index (κ3) is 6.27. The predicted octanol–water partition coefficient (Wildman–Crippen LogP) is 6.57. The molecule has 0 unspecified atom stereocenters. The van der Waals surface area contributed by atoms with E-state index in [9.17, 15) is 9.59 Å². The second-order valence-electron chi connectivity index (χ2n) is 8.74. The Kier molecular flexibility index (Phi) is 9.31. The van der Waals surface area contributed by atoms with Crippen LogP contribution in [0.15, 0.2) is 41.5 Å². The van der Waals surface area contributed by atoms with E-state index in [2.05, 4.69) is 22.4 Å². The van der Waals surface area contributed by atoms with Crippen molar-refractivity contribution in [2.45, 2.75) is 78.2 Å². The summed E-state index contributed by atoms with van der Waals surface area (Å²) < 4.78 is 6.96. The molecule has 0 atom stereocenters. The van der Waals surface area contributed by atoms with Gasteiger partial charge in [0.25, 0.3) is 11.5 Å². The minimum atomic E-state index is -0.388. The molecule has 0 bridgehead atoms. The van der Waals surface area contributed by atoms with E-state index in [0.29, 0.717) is 11.3 Å². The van der Waals surface area contributed by atoms with Crippen LogP contribution in [-0.2, 0) is 0 Å². The molecule has 2 fully saturated rings. The molecule has 2 aliphatic carbocycles. The van der Waals surface area contributed by atoms with Crippen LogP contribution in [0.4, 0.5) is 5.69 Å². The molecule has 7 heteroatoms. The molecule has 0 radical (unpaired) electrons. The van der Waals surface area contributed by atoms with E-state index < -0.39 is 0 Å².